The van der Waals surface area contributed by atoms with Crippen LogP contribution in [0.5, 0.6) is 11.5 Å². The quantitative estimate of drug-likeness (QED) is 0.757. The zero-order valence-electron chi connectivity index (χ0n) is 13.4. The summed E-state index contributed by atoms with van der Waals surface area (Å²) in [5.41, 5.74) is 1.27. The van der Waals surface area contributed by atoms with Gasteiger partial charge in [-0.3, -0.25) is 4.79 Å². The van der Waals surface area contributed by atoms with Crippen molar-refractivity contribution >= 4 is 40.5 Å². The minimum absolute atomic E-state index is 0.163. The second-order valence-electron chi connectivity index (χ2n) is 4.91. The number of methoxy groups -OCH3 is 2. The normalized spacial score (nSPS) is 10.2. The van der Waals surface area contributed by atoms with Crippen molar-refractivity contribution in [1.82, 2.24) is 0 Å². The number of anilines is 2. The van der Waals surface area contributed by atoms with Crippen molar-refractivity contribution in [3.05, 3.63) is 46.4 Å². The van der Waals surface area contributed by atoms with Crippen LogP contribution in [0.4, 0.5) is 11.4 Å². The van der Waals surface area contributed by atoms with E-state index in [0.29, 0.717) is 33.8 Å². The van der Waals surface area contributed by atoms with Gasteiger partial charge in [-0.25, -0.2) is 0 Å². The maximum Gasteiger partial charge on any atom is 0.226 e. The molecule has 2 aromatic carbocycles. The Kier molecular flexibility index (Phi) is 6.58. The number of amides is 1. The first kappa shape index (κ1) is 18.2. The molecule has 0 heterocycles. The number of nitrogens with one attached hydrogen (secondary N) is 2. The molecule has 0 fully saturated rings. The summed E-state index contributed by atoms with van der Waals surface area (Å²) in [5, 5.41) is 7.03. The van der Waals surface area contributed by atoms with Gasteiger partial charge in [-0.05, 0) is 36.4 Å². The van der Waals surface area contributed by atoms with E-state index in [2.05, 4.69) is 10.6 Å². The molecule has 2 N–H and O–H groups in total. The summed E-state index contributed by atoms with van der Waals surface area (Å²) >= 11 is 11.9. The Morgan fingerprint density at radius 2 is 1.50 bits per heavy atom. The van der Waals surface area contributed by atoms with Gasteiger partial charge in [-0.15, -0.1) is 0 Å². The molecule has 1 amide bonds. The molecule has 2 rings (SSSR count). The third-order valence-electron chi connectivity index (χ3n) is 3.26. The Balaban J connectivity index is 1.92. The zero-order valence-corrected chi connectivity index (χ0v) is 14.9. The molecule has 0 aliphatic heterocycles. The van der Waals surface area contributed by atoms with E-state index in [-0.39, 0.29) is 12.3 Å². The Labute approximate surface area is 150 Å². The van der Waals surface area contributed by atoms with Crippen LogP contribution in [0.15, 0.2) is 36.4 Å². The van der Waals surface area contributed by atoms with E-state index in [0.717, 1.165) is 5.69 Å². The Hall–Kier alpha value is -2.11. The number of halogens is 2. The molecular formula is C17H18Cl2N2O3. The van der Waals surface area contributed by atoms with Crippen LogP contribution in [0, 0.1) is 0 Å². The van der Waals surface area contributed by atoms with Gasteiger partial charge in [0.15, 0.2) is 0 Å². The molecule has 0 aliphatic carbocycles. The monoisotopic (exact) mass is 368 g/mol. The lowest BCUT2D eigenvalue weighted by atomic mass is 10.2. The summed E-state index contributed by atoms with van der Waals surface area (Å²) in [6, 6.07) is 10.3. The predicted octanol–water partition coefficient (Wildman–Crippen LogP) is 4.45. The van der Waals surface area contributed by atoms with Gasteiger partial charge in [0.05, 0.1) is 25.6 Å². The van der Waals surface area contributed by atoms with Crippen LogP contribution in [-0.4, -0.2) is 26.7 Å². The summed E-state index contributed by atoms with van der Waals surface area (Å²) in [6.07, 6.45) is 0.255. The topological polar surface area (TPSA) is 59.6 Å². The molecule has 5 nitrogen and oxygen atoms in total. The van der Waals surface area contributed by atoms with Crippen LogP contribution < -0.4 is 20.1 Å². The lowest BCUT2D eigenvalue weighted by Crippen LogP contribution is -2.17. The summed E-state index contributed by atoms with van der Waals surface area (Å²) < 4.78 is 10.4. The fourth-order valence-corrected chi connectivity index (χ4v) is 2.46. The average molecular weight is 369 g/mol. The molecule has 0 aromatic heterocycles. The molecule has 0 saturated heterocycles. The second kappa shape index (κ2) is 8.66. The Morgan fingerprint density at radius 3 is 2.08 bits per heavy atom. The average Bonchev–Trinajstić information content (AvgIpc) is 2.55. The van der Waals surface area contributed by atoms with E-state index in [9.17, 15) is 4.79 Å². The van der Waals surface area contributed by atoms with Crippen LogP contribution in [0.2, 0.25) is 10.0 Å². The van der Waals surface area contributed by atoms with E-state index in [4.69, 9.17) is 32.7 Å². The molecule has 2 aromatic rings. The third-order valence-corrected chi connectivity index (χ3v) is 3.73. The number of benzene rings is 2. The predicted molar refractivity (Wildman–Crippen MR) is 97.7 cm³/mol. The summed E-state index contributed by atoms with van der Waals surface area (Å²) in [6.45, 7) is 0.422. The van der Waals surface area contributed by atoms with E-state index in [1.54, 1.807) is 43.5 Å². The van der Waals surface area contributed by atoms with E-state index in [1.807, 2.05) is 0 Å². The molecule has 0 saturated carbocycles. The number of ether oxygens (including phenoxy) is 2. The highest BCUT2D eigenvalue weighted by molar-refractivity contribution is 6.31. The first-order valence-electron chi connectivity index (χ1n) is 7.24. The van der Waals surface area contributed by atoms with Crippen LogP contribution in [0.25, 0.3) is 0 Å². The lowest BCUT2D eigenvalue weighted by Gasteiger charge is -2.13. The van der Waals surface area contributed by atoms with E-state index < -0.39 is 0 Å². The van der Waals surface area contributed by atoms with Crippen molar-refractivity contribution < 1.29 is 14.3 Å². The fourth-order valence-electron chi connectivity index (χ4n) is 2.12. The van der Waals surface area contributed by atoms with Gasteiger partial charge in [0, 0.05) is 23.0 Å². The second-order valence-corrected chi connectivity index (χ2v) is 5.79. The molecule has 0 bridgehead atoms. The molecule has 0 atom stereocenters. The van der Waals surface area contributed by atoms with Gasteiger partial charge in [-0.2, -0.15) is 0 Å². The van der Waals surface area contributed by atoms with Gasteiger partial charge in [0.2, 0.25) is 5.91 Å². The van der Waals surface area contributed by atoms with Gasteiger partial charge >= 0.3 is 0 Å². The molecule has 128 valence electrons. The minimum Gasteiger partial charge on any atom is -0.495 e. The van der Waals surface area contributed by atoms with Crippen molar-refractivity contribution in [2.24, 2.45) is 0 Å². The molecule has 0 unspecified atom stereocenters. The van der Waals surface area contributed by atoms with Crippen molar-refractivity contribution in [3.8, 4) is 11.5 Å². The van der Waals surface area contributed by atoms with Crippen LogP contribution in [0.3, 0.4) is 0 Å². The standard InChI is InChI=1S/C17H18Cl2N2O3/c1-23-15-5-3-11(18)9-13(15)20-8-7-17(22)21-14-10-12(19)4-6-16(14)24-2/h3-6,9-10,20H,7-8H2,1-2H3,(H,21,22). The molecular weight excluding hydrogens is 351 g/mol. The van der Waals surface area contributed by atoms with Crippen molar-refractivity contribution in [1.29, 1.82) is 0 Å². The Morgan fingerprint density at radius 1 is 0.958 bits per heavy atom. The number of rotatable bonds is 7. The molecule has 0 spiro atoms. The summed E-state index contributed by atoms with van der Waals surface area (Å²) in [7, 11) is 3.11. The van der Waals surface area contributed by atoms with Gasteiger partial charge in [0.1, 0.15) is 11.5 Å². The molecule has 24 heavy (non-hydrogen) atoms. The smallest absolute Gasteiger partial charge is 0.226 e. The van der Waals surface area contributed by atoms with Crippen molar-refractivity contribution in [3.63, 3.8) is 0 Å². The highest BCUT2D eigenvalue weighted by Gasteiger charge is 2.09. The molecule has 0 radical (unpaired) electrons. The van der Waals surface area contributed by atoms with Gasteiger partial charge in [-0.1, -0.05) is 23.2 Å². The Bertz CT molecular complexity index is 723. The van der Waals surface area contributed by atoms with Crippen molar-refractivity contribution in [2.45, 2.75) is 6.42 Å². The third kappa shape index (κ3) is 4.94. The van der Waals surface area contributed by atoms with Crippen LogP contribution in [-0.2, 0) is 4.79 Å². The van der Waals surface area contributed by atoms with E-state index >= 15 is 0 Å². The van der Waals surface area contributed by atoms with Crippen LogP contribution in [0.1, 0.15) is 6.42 Å². The van der Waals surface area contributed by atoms with Gasteiger partial charge in [0.25, 0.3) is 0 Å². The first-order chi connectivity index (χ1) is 11.5. The summed E-state index contributed by atoms with van der Waals surface area (Å²) in [5.74, 6) is 1.05. The number of hydrogen-bond acceptors (Lipinski definition) is 4. The van der Waals surface area contributed by atoms with Crippen LogP contribution >= 0.6 is 23.2 Å². The largest absolute Gasteiger partial charge is 0.495 e. The number of carbonyl (C=O) groups is 1. The van der Waals surface area contributed by atoms with E-state index in [1.165, 1.54) is 7.11 Å². The molecule has 7 heteroatoms. The van der Waals surface area contributed by atoms with Crippen molar-refractivity contribution in [2.75, 3.05) is 31.4 Å². The molecule has 0 aliphatic rings. The lowest BCUT2D eigenvalue weighted by molar-refractivity contribution is -0.116. The minimum atomic E-state index is -0.163. The SMILES string of the molecule is COc1ccc(Cl)cc1NCCC(=O)Nc1cc(Cl)ccc1OC. The number of hydrogen-bond donors (Lipinski definition) is 2. The number of carbonyl (C=O) groups excluding carboxylic acids is 1. The maximum atomic E-state index is 12.1. The fraction of sp³-hybridized carbons (Fsp3) is 0.235. The van der Waals surface area contributed by atoms with Gasteiger partial charge < -0.3 is 20.1 Å². The highest BCUT2D eigenvalue weighted by atomic mass is 35.5. The zero-order chi connectivity index (χ0) is 17.5. The maximum absolute atomic E-state index is 12.1. The first-order valence-corrected chi connectivity index (χ1v) is 8.00. The summed E-state index contributed by atoms with van der Waals surface area (Å²) in [4.78, 5) is 12.1. The highest BCUT2D eigenvalue weighted by Crippen LogP contribution is 2.29.